The zero-order chi connectivity index (χ0) is 17.1. The minimum atomic E-state index is -5.69. The average molecular weight is 359 g/mol. The van der Waals surface area contributed by atoms with Crippen LogP contribution in [0.15, 0.2) is 28.0 Å². The molecule has 12 heteroatoms. The van der Waals surface area contributed by atoms with Crippen LogP contribution in [0.25, 0.3) is 0 Å². The molecule has 0 saturated carbocycles. The summed E-state index contributed by atoms with van der Waals surface area (Å²) in [5, 5.41) is 10.9. The van der Waals surface area contributed by atoms with Crippen LogP contribution in [0.4, 0.5) is 18.9 Å². The van der Waals surface area contributed by atoms with Gasteiger partial charge in [-0.25, -0.2) is 8.42 Å². The lowest BCUT2D eigenvalue weighted by molar-refractivity contribution is -0.388. The second-order valence-electron chi connectivity index (χ2n) is 3.70. The van der Waals surface area contributed by atoms with Crippen molar-refractivity contribution in [2.75, 3.05) is 12.9 Å². The van der Waals surface area contributed by atoms with Crippen LogP contribution in [0.5, 0.6) is 0 Å². The summed E-state index contributed by atoms with van der Waals surface area (Å²) in [5.41, 5.74) is -6.42. The highest BCUT2D eigenvalue weighted by Gasteiger charge is 2.47. The molecule has 7 nitrogen and oxygen atoms in total. The SMILES string of the molecule is COC(=O)CSc1ccc(S(=O)(=O)C(F)(F)F)cc1[N+](=O)[O-]. The third kappa shape index (κ3) is 3.88. The highest BCUT2D eigenvalue weighted by Crippen LogP contribution is 2.36. The summed E-state index contributed by atoms with van der Waals surface area (Å²) in [6.45, 7) is 0. The molecule has 0 spiro atoms. The smallest absolute Gasteiger partial charge is 0.468 e. The van der Waals surface area contributed by atoms with E-state index in [2.05, 4.69) is 4.74 Å². The van der Waals surface area contributed by atoms with E-state index in [1.807, 2.05) is 0 Å². The summed E-state index contributed by atoms with van der Waals surface area (Å²) in [7, 11) is -4.60. The van der Waals surface area contributed by atoms with Gasteiger partial charge in [-0.3, -0.25) is 14.9 Å². The van der Waals surface area contributed by atoms with Gasteiger partial charge in [-0.1, -0.05) is 0 Å². The predicted molar refractivity (Wildman–Crippen MR) is 69.1 cm³/mol. The number of esters is 1. The van der Waals surface area contributed by atoms with E-state index in [0.29, 0.717) is 23.9 Å². The number of nitro groups is 1. The molecule has 122 valence electrons. The van der Waals surface area contributed by atoms with Gasteiger partial charge >= 0.3 is 11.5 Å². The van der Waals surface area contributed by atoms with E-state index in [4.69, 9.17) is 0 Å². The number of hydrogen-bond acceptors (Lipinski definition) is 7. The molecule has 0 saturated heterocycles. The molecule has 0 unspecified atom stereocenters. The van der Waals surface area contributed by atoms with E-state index in [1.165, 1.54) is 0 Å². The van der Waals surface area contributed by atoms with Crippen molar-refractivity contribution in [1.29, 1.82) is 0 Å². The average Bonchev–Trinajstić information content (AvgIpc) is 2.42. The van der Waals surface area contributed by atoms with Crippen LogP contribution < -0.4 is 0 Å². The van der Waals surface area contributed by atoms with Crippen molar-refractivity contribution in [2.24, 2.45) is 0 Å². The number of carbonyl (C=O) groups excluding carboxylic acids is 1. The lowest BCUT2D eigenvalue weighted by Crippen LogP contribution is -2.23. The van der Waals surface area contributed by atoms with Gasteiger partial charge in [0.1, 0.15) is 0 Å². The van der Waals surface area contributed by atoms with Crippen LogP contribution in [0.2, 0.25) is 0 Å². The van der Waals surface area contributed by atoms with E-state index in [9.17, 15) is 36.5 Å². The number of methoxy groups -OCH3 is 1. The zero-order valence-electron chi connectivity index (χ0n) is 10.8. The van der Waals surface area contributed by atoms with Gasteiger partial charge in [0.25, 0.3) is 15.5 Å². The van der Waals surface area contributed by atoms with Crippen molar-refractivity contribution in [2.45, 2.75) is 15.3 Å². The van der Waals surface area contributed by atoms with Gasteiger partial charge in [-0.2, -0.15) is 13.2 Å². The van der Waals surface area contributed by atoms with Crippen LogP contribution in [0.1, 0.15) is 0 Å². The first-order chi connectivity index (χ1) is 10.0. The van der Waals surface area contributed by atoms with Crippen molar-refractivity contribution in [3.8, 4) is 0 Å². The predicted octanol–water partition coefficient (Wildman–Crippen LogP) is 2.15. The minimum Gasteiger partial charge on any atom is -0.468 e. The Hall–Kier alpha value is -1.82. The number of halogens is 3. The summed E-state index contributed by atoms with van der Waals surface area (Å²) in [6, 6.07) is 1.74. The van der Waals surface area contributed by atoms with E-state index < -0.39 is 36.8 Å². The van der Waals surface area contributed by atoms with Crippen molar-refractivity contribution in [3.63, 3.8) is 0 Å². The molecule has 22 heavy (non-hydrogen) atoms. The molecule has 0 aliphatic carbocycles. The molecule has 0 bridgehead atoms. The molecule has 0 amide bonds. The maximum absolute atomic E-state index is 12.4. The molecule has 0 aliphatic rings. The maximum atomic E-state index is 12.4. The minimum absolute atomic E-state index is 0.156. The molecule has 0 aromatic heterocycles. The standard InChI is InChI=1S/C10H8F3NO6S2/c1-20-9(15)5-21-8-3-2-6(4-7(8)14(16)17)22(18,19)10(11,12)13/h2-4H,5H2,1H3. The lowest BCUT2D eigenvalue weighted by Gasteiger charge is -2.09. The van der Waals surface area contributed by atoms with E-state index >= 15 is 0 Å². The molecule has 1 rings (SSSR count). The Morgan fingerprint density at radius 1 is 1.41 bits per heavy atom. The van der Waals surface area contributed by atoms with Gasteiger partial charge < -0.3 is 4.74 Å². The Morgan fingerprint density at radius 2 is 2.00 bits per heavy atom. The zero-order valence-corrected chi connectivity index (χ0v) is 12.4. The molecular formula is C10H8F3NO6S2. The Bertz CT molecular complexity index is 701. The number of hydrogen-bond donors (Lipinski definition) is 0. The number of rotatable bonds is 5. The fourth-order valence-electron chi connectivity index (χ4n) is 1.26. The largest absolute Gasteiger partial charge is 0.501 e. The highest BCUT2D eigenvalue weighted by atomic mass is 32.2. The van der Waals surface area contributed by atoms with E-state index in [0.717, 1.165) is 13.2 Å². The number of ether oxygens (including phenoxy) is 1. The van der Waals surface area contributed by atoms with Gasteiger partial charge in [-0.05, 0) is 12.1 Å². The van der Waals surface area contributed by atoms with Crippen molar-refractivity contribution in [1.82, 2.24) is 0 Å². The molecular weight excluding hydrogens is 351 g/mol. The maximum Gasteiger partial charge on any atom is 0.501 e. The number of sulfone groups is 1. The second-order valence-corrected chi connectivity index (χ2v) is 6.66. The van der Waals surface area contributed by atoms with Crippen LogP contribution >= 0.6 is 11.8 Å². The summed E-state index contributed by atoms with van der Waals surface area (Å²) in [4.78, 5) is 19.4. The third-order valence-corrected chi connectivity index (χ3v) is 4.84. The molecule has 0 radical (unpaired) electrons. The summed E-state index contributed by atoms with van der Waals surface area (Å²) in [5.74, 6) is -1.02. The third-order valence-electron chi connectivity index (χ3n) is 2.32. The topological polar surface area (TPSA) is 104 Å². The Labute approximate surface area is 126 Å². The highest BCUT2D eigenvalue weighted by molar-refractivity contribution is 8.00. The van der Waals surface area contributed by atoms with Gasteiger partial charge in [0.15, 0.2) is 0 Å². The molecule has 0 aliphatic heterocycles. The monoisotopic (exact) mass is 359 g/mol. The summed E-state index contributed by atoms with van der Waals surface area (Å²) >= 11 is 0.643. The number of benzene rings is 1. The van der Waals surface area contributed by atoms with E-state index in [1.54, 1.807) is 0 Å². The first kappa shape index (κ1) is 18.2. The van der Waals surface area contributed by atoms with Gasteiger partial charge in [0, 0.05) is 6.07 Å². The summed E-state index contributed by atoms with van der Waals surface area (Å²) < 4.78 is 64.1. The van der Waals surface area contributed by atoms with Gasteiger partial charge in [0.2, 0.25) is 0 Å². The number of carbonyl (C=O) groups is 1. The molecule has 1 aromatic carbocycles. The lowest BCUT2D eigenvalue weighted by atomic mass is 10.3. The number of nitrogens with zero attached hydrogens (tertiary/aromatic N) is 1. The van der Waals surface area contributed by atoms with Gasteiger partial charge in [0.05, 0.1) is 27.6 Å². The quantitative estimate of drug-likeness (QED) is 0.343. The molecule has 0 fully saturated rings. The Kier molecular flexibility index (Phi) is 5.40. The first-order valence-corrected chi connectivity index (χ1v) is 7.77. The fraction of sp³-hybridized carbons (Fsp3) is 0.300. The van der Waals surface area contributed by atoms with Crippen molar-refractivity contribution >= 4 is 33.3 Å². The van der Waals surface area contributed by atoms with Crippen LogP contribution in [-0.4, -0.2) is 37.7 Å². The first-order valence-electron chi connectivity index (χ1n) is 5.30. The van der Waals surface area contributed by atoms with E-state index in [-0.39, 0.29) is 10.6 Å². The van der Waals surface area contributed by atoms with Gasteiger partial charge in [-0.15, -0.1) is 11.8 Å². The van der Waals surface area contributed by atoms with Crippen LogP contribution in [0, 0.1) is 10.1 Å². The normalized spacial score (nSPS) is 12.0. The number of nitro benzene ring substituents is 1. The second kappa shape index (κ2) is 6.52. The number of thioether (sulfide) groups is 1. The number of alkyl halides is 3. The molecule has 1 aromatic rings. The van der Waals surface area contributed by atoms with Crippen molar-refractivity contribution < 1.29 is 36.0 Å². The molecule has 0 N–H and O–H groups in total. The van der Waals surface area contributed by atoms with Crippen molar-refractivity contribution in [3.05, 3.63) is 28.3 Å². The Balaban J connectivity index is 3.27. The molecule has 0 heterocycles. The Morgan fingerprint density at radius 3 is 2.45 bits per heavy atom. The summed E-state index contributed by atoms with van der Waals surface area (Å²) in [6.07, 6.45) is 0. The van der Waals surface area contributed by atoms with Crippen LogP contribution in [-0.2, 0) is 19.4 Å². The fourth-order valence-corrected chi connectivity index (χ4v) is 2.88. The molecule has 0 atom stereocenters. The van der Waals surface area contributed by atoms with Crippen LogP contribution in [0.3, 0.4) is 0 Å².